The fourth-order valence-corrected chi connectivity index (χ4v) is 2.27. The zero-order valence-electron chi connectivity index (χ0n) is 10.9. The molecule has 0 fully saturated rings. The molecule has 2 aromatic rings. The number of amides is 1. The normalized spacial score (nSPS) is 12.3. The van der Waals surface area contributed by atoms with E-state index in [0.29, 0.717) is 11.0 Å². The third-order valence-corrected chi connectivity index (χ3v) is 3.46. The van der Waals surface area contributed by atoms with Gasteiger partial charge in [0.15, 0.2) is 5.03 Å². The van der Waals surface area contributed by atoms with E-state index in [4.69, 9.17) is 5.11 Å². The van der Waals surface area contributed by atoms with Gasteiger partial charge in [0.1, 0.15) is 0 Å². The maximum atomic E-state index is 11.8. The zero-order valence-corrected chi connectivity index (χ0v) is 11.7. The number of H-pyrrole nitrogens is 1. The molecule has 1 aromatic heterocycles. The third-order valence-electron chi connectivity index (χ3n) is 2.50. The highest BCUT2D eigenvalue weighted by Crippen LogP contribution is 2.13. The smallest absolute Gasteiger partial charge is 0.280 e. The fraction of sp³-hybridized carbons (Fsp3) is 0.308. The lowest BCUT2D eigenvalue weighted by molar-refractivity contribution is -0.118. The second-order valence-corrected chi connectivity index (χ2v) is 5.29. The molecule has 0 aliphatic carbocycles. The predicted octanol–water partition coefficient (Wildman–Crippen LogP) is 0.512. The molecule has 6 nitrogen and oxygen atoms in total. The van der Waals surface area contributed by atoms with Crippen molar-refractivity contribution in [3.8, 4) is 0 Å². The number of hydrogen-bond acceptors (Lipinski definition) is 5. The fourth-order valence-electron chi connectivity index (χ4n) is 1.56. The number of nitrogens with one attached hydrogen (secondary N) is 2. The first kappa shape index (κ1) is 14.5. The summed E-state index contributed by atoms with van der Waals surface area (Å²) in [4.78, 5) is 30.3. The highest BCUT2D eigenvalue weighted by atomic mass is 32.2. The van der Waals surface area contributed by atoms with Crippen LogP contribution in [-0.2, 0) is 4.79 Å². The number of para-hydroxylation sites is 2. The summed E-state index contributed by atoms with van der Waals surface area (Å²) in [5, 5.41) is 11.9. The predicted molar refractivity (Wildman–Crippen MR) is 77.8 cm³/mol. The number of fused-ring (bicyclic) bond motifs is 1. The van der Waals surface area contributed by atoms with Crippen LogP contribution >= 0.6 is 11.8 Å². The van der Waals surface area contributed by atoms with Gasteiger partial charge in [0.2, 0.25) is 5.91 Å². The number of carbonyl (C=O) groups is 1. The van der Waals surface area contributed by atoms with Crippen molar-refractivity contribution in [1.29, 1.82) is 0 Å². The number of hydrogen-bond donors (Lipinski definition) is 3. The van der Waals surface area contributed by atoms with Crippen LogP contribution in [0.25, 0.3) is 11.0 Å². The summed E-state index contributed by atoms with van der Waals surface area (Å²) in [6.07, 6.45) is -0.592. The summed E-state index contributed by atoms with van der Waals surface area (Å²) >= 11 is 1.07. The number of aromatic nitrogens is 2. The van der Waals surface area contributed by atoms with Gasteiger partial charge in [-0.3, -0.25) is 9.59 Å². The van der Waals surface area contributed by atoms with Crippen molar-refractivity contribution in [2.24, 2.45) is 0 Å². The molecular formula is C13H15N3O3S. The van der Waals surface area contributed by atoms with Gasteiger partial charge in [-0.15, -0.1) is 0 Å². The van der Waals surface area contributed by atoms with E-state index >= 15 is 0 Å². The third kappa shape index (κ3) is 3.82. The molecule has 1 heterocycles. The van der Waals surface area contributed by atoms with Crippen molar-refractivity contribution >= 4 is 28.7 Å². The Hall–Kier alpha value is -1.86. The molecule has 1 aromatic carbocycles. The molecule has 0 aliphatic heterocycles. The number of benzene rings is 1. The van der Waals surface area contributed by atoms with Crippen LogP contribution in [0.3, 0.4) is 0 Å². The lowest BCUT2D eigenvalue weighted by atomic mass is 10.3. The van der Waals surface area contributed by atoms with Crippen LogP contribution in [0.5, 0.6) is 0 Å². The summed E-state index contributed by atoms with van der Waals surface area (Å²) in [6, 6.07) is 7.21. The quantitative estimate of drug-likeness (QED) is 0.698. The lowest BCUT2D eigenvalue weighted by Crippen LogP contribution is -2.32. The van der Waals surface area contributed by atoms with Crippen LogP contribution in [0.2, 0.25) is 0 Å². The number of rotatable bonds is 5. The second-order valence-electron chi connectivity index (χ2n) is 4.33. The van der Waals surface area contributed by atoms with Gasteiger partial charge < -0.3 is 15.4 Å². The molecule has 3 N–H and O–H groups in total. The number of aromatic amines is 1. The van der Waals surface area contributed by atoms with Crippen LogP contribution in [0, 0.1) is 0 Å². The average Bonchev–Trinajstić information content (AvgIpc) is 2.42. The molecule has 1 amide bonds. The molecule has 0 saturated heterocycles. The number of thioether (sulfide) groups is 1. The SMILES string of the molecule is C[C@H](O)CNC(=O)CSc1nc2ccccc2[nH]c1=O. The average molecular weight is 293 g/mol. The molecule has 0 bridgehead atoms. The van der Waals surface area contributed by atoms with E-state index < -0.39 is 6.10 Å². The first-order valence-corrected chi connectivity index (χ1v) is 7.11. The minimum atomic E-state index is -0.592. The van der Waals surface area contributed by atoms with Crippen molar-refractivity contribution in [2.45, 2.75) is 18.1 Å². The summed E-state index contributed by atoms with van der Waals surface area (Å²) in [5.41, 5.74) is 1.04. The van der Waals surface area contributed by atoms with E-state index in [-0.39, 0.29) is 28.8 Å². The Morgan fingerprint density at radius 3 is 3.00 bits per heavy atom. The van der Waals surface area contributed by atoms with Gasteiger partial charge >= 0.3 is 0 Å². The molecular weight excluding hydrogens is 278 g/mol. The Labute approximate surface area is 119 Å². The molecule has 106 valence electrons. The minimum Gasteiger partial charge on any atom is -0.392 e. The van der Waals surface area contributed by atoms with Gasteiger partial charge in [0, 0.05) is 6.54 Å². The van der Waals surface area contributed by atoms with Crippen molar-refractivity contribution < 1.29 is 9.90 Å². The van der Waals surface area contributed by atoms with Gasteiger partial charge in [-0.05, 0) is 19.1 Å². The Kier molecular flexibility index (Phi) is 4.75. The molecule has 0 unspecified atom stereocenters. The molecule has 2 rings (SSSR count). The monoisotopic (exact) mass is 293 g/mol. The Bertz CT molecular complexity index is 669. The molecule has 0 saturated carbocycles. The number of carbonyl (C=O) groups excluding carboxylic acids is 1. The zero-order chi connectivity index (χ0) is 14.5. The van der Waals surface area contributed by atoms with E-state index in [1.54, 1.807) is 19.1 Å². The molecule has 1 atom stereocenters. The van der Waals surface area contributed by atoms with E-state index in [2.05, 4.69) is 15.3 Å². The van der Waals surface area contributed by atoms with Gasteiger partial charge in [0.25, 0.3) is 5.56 Å². The molecule has 0 aliphatic rings. The topological polar surface area (TPSA) is 95.1 Å². The van der Waals surface area contributed by atoms with Crippen molar-refractivity contribution in [3.05, 3.63) is 34.6 Å². The summed E-state index contributed by atoms with van der Waals surface area (Å²) < 4.78 is 0. The molecule has 0 radical (unpaired) electrons. The van der Waals surface area contributed by atoms with Crippen LogP contribution in [0.15, 0.2) is 34.1 Å². The van der Waals surface area contributed by atoms with E-state index in [1.165, 1.54) is 0 Å². The maximum Gasteiger partial charge on any atom is 0.280 e. The van der Waals surface area contributed by atoms with Gasteiger partial charge in [-0.25, -0.2) is 4.98 Å². The molecule has 20 heavy (non-hydrogen) atoms. The lowest BCUT2D eigenvalue weighted by Gasteiger charge is -2.06. The first-order valence-electron chi connectivity index (χ1n) is 6.13. The standard InChI is InChI=1S/C13H15N3O3S/c1-8(17)6-14-11(18)7-20-13-12(19)15-9-4-2-3-5-10(9)16-13/h2-5,8,17H,6-7H2,1H3,(H,14,18)(H,15,19)/t8-/m0/s1. The van der Waals surface area contributed by atoms with E-state index in [0.717, 1.165) is 11.8 Å². The van der Waals surface area contributed by atoms with Crippen LogP contribution in [0.1, 0.15) is 6.92 Å². The summed E-state index contributed by atoms with van der Waals surface area (Å²) in [7, 11) is 0. The van der Waals surface area contributed by atoms with Crippen LogP contribution in [-0.4, -0.2) is 39.4 Å². The number of aliphatic hydroxyl groups excluding tert-OH is 1. The second kappa shape index (κ2) is 6.53. The van der Waals surface area contributed by atoms with Gasteiger partial charge in [-0.2, -0.15) is 0 Å². The highest BCUT2D eigenvalue weighted by molar-refractivity contribution is 7.99. The van der Waals surface area contributed by atoms with Crippen LogP contribution in [0.4, 0.5) is 0 Å². The van der Waals surface area contributed by atoms with Crippen molar-refractivity contribution in [2.75, 3.05) is 12.3 Å². The van der Waals surface area contributed by atoms with Gasteiger partial charge in [-0.1, -0.05) is 23.9 Å². The number of nitrogens with zero attached hydrogens (tertiary/aromatic N) is 1. The highest BCUT2D eigenvalue weighted by Gasteiger charge is 2.09. The van der Waals surface area contributed by atoms with E-state index in [9.17, 15) is 9.59 Å². The largest absolute Gasteiger partial charge is 0.392 e. The first-order chi connectivity index (χ1) is 9.56. The molecule has 0 spiro atoms. The molecule has 7 heteroatoms. The van der Waals surface area contributed by atoms with Gasteiger partial charge in [0.05, 0.1) is 22.9 Å². The Morgan fingerprint density at radius 2 is 2.25 bits per heavy atom. The Morgan fingerprint density at radius 1 is 1.50 bits per heavy atom. The summed E-state index contributed by atoms with van der Waals surface area (Å²) in [6.45, 7) is 1.78. The summed E-state index contributed by atoms with van der Waals surface area (Å²) in [5.74, 6) is -0.161. The Balaban J connectivity index is 2.04. The van der Waals surface area contributed by atoms with Crippen molar-refractivity contribution in [3.63, 3.8) is 0 Å². The van der Waals surface area contributed by atoms with Crippen LogP contribution < -0.4 is 10.9 Å². The number of aliphatic hydroxyl groups is 1. The van der Waals surface area contributed by atoms with E-state index in [1.807, 2.05) is 12.1 Å². The maximum absolute atomic E-state index is 11.8. The minimum absolute atomic E-state index is 0.0845. The van der Waals surface area contributed by atoms with Crippen molar-refractivity contribution in [1.82, 2.24) is 15.3 Å².